The van der Waals surface area contributed by atoms with Gasteiger partial charge in [0.05, 0.1) is 18.1 Å². The molecule has 2 aromatic rings. The zero-order valence-electron chi connectivity index (χ0n) is 16.8. The largest absolute Gasteiger partial charge is 0.379 e. The van der Waals surface area contributed by atoms with Gasteiger partial charge < -0.3 is 4.74 Å². The molecule has 0 saturated carbocycles. The molecule has 164 valence electrons. The molecule has 0 bridgehead atoms. The van der Waals surface area contributed by atoms with Crippen molar-refractivity contribution < 1.29 is 22.7 Å². The number of sulfonamides is 1. The second-order valence-electron chi connectivity index (χ2n) is 6.83. The van der Waals surface area contributed by atoms with E-state index in [9.17, 15) is 18.0 Å². The first kappa shape index (κ1) is 23.0. The van der Waals surface area contributed by atoms with Crippen LogP contribution in [0.4, 0.5) is 0 Å². The molecular weight excluding hydrogens is 442 g/mol. The number of hydrogen-bond acceptors (Lipinski definition) is 5. The number of halogens is 1. The van der Waals surface area contributed by atoms with Crippen molar-refractivity contribution in [3.05, 3.63) is 70.3 Å². The van der Waals surface area contributed by atoms with Crippen LogP contribution in [0.2, 0.25) is 5.02 Å². The number of rotatable bonds is 5. The Labute approximate surface area is 185 Å². The van der Waals surface area contributed by atoms with Crippen molar-refractivity contribution in [1.82, 2.24) is 15.2 Å². The first-order chi connectivity index (χ1) is 14.8. The van der Waals surface area contributed by atoms with Crippen LogP contribution in [0.15, 0.2) is 53.4 Å². The third kappa shape index (κ3) is 5.92. The van der Waals surface area contributed by atoms with Crippen molar-refractivity contribution in [3.8, 4) is 0 Å². The molecule has 2 amide bonds. The van der Waals surface area contributed by atoms with Crippen LogP contribution in [-0.4, -0.2) is 50.8 Å². The Kier molecular flexibility index (Phi) is 7.45. The van der Waals surface area contributed by atoms with E-state index in [0.29, 0.717) is 18.2 Å². The highest BCUT2D eigenvalue weighted by atomic mass is 35.5. The highest BCUT2D eigenvalue weighted by molar-refractivity contribution is 7.89. The third-order valence-corrected chi connectivity index (χ3v) is 6.93. The molecular formula is C21H22ClN3O5S. The van der Waals surface area contributed by atoms with Gasteiger partial charge in [-0.25, -0.2) is 8.42 Å². The summed E-state index contributed by atoms with van der Waals surface area (Å²) in [6, 6.07) is 11.0. The molecule has 0 aromatic heterocycles. The van der Waals surface area contributed by atoms with Gasteiger partial charge in [-0.1, -0.05) is 29.8 Å². The van der Waals surface area contributed by atoms with E-state index >= 15 is 0 Å². The Bertz CT molecular complexity index is 1110. The van der Waals surface area contributed by atoms with E-state index in [1.54, 1.807) is 12.1 Å². The lowest BCUT2D eigenvalue weighted by Crippen LogP contribution is -2.41. The second kappa shape index (κ2) is 10.1. The molecule has 0 spiro atoms. The Morgan fingerprint density at radius 1 is 1.10 bits per heavy atom. The van der Waals surface area contributed by atoms with Gasteiger partial charge in [0.1, 0.15) is 0 Å². The maximum atomic E-state index is 12.7. The number of ether oxygens (including phenoxy) is 1. The van der Waals surface area contributed by atoms with Crippen molar-refractivity contribution in [2.75, 3.05) is 26.3 Å². The molecule has 3 rings (SSSR count). The highest BCUT2D eigenvalue weighted by Crippen LogP contribution is 2.19. The fourth-order valence-electron chi connectivity index (χ4n) is 2.85. The quantitative estimate of drug-likeness (QED) is 0.522. The standard InChI is InChI=1S/C21H22ClN3O5S/c1-15-5-6-16(13-19(15)22)7-8-20(26)23-24-21(27)17-3-2-4-18(14-17)31(28,29)25-9-11-30-12-10-25/h2-8,13-14H,9-12H2,1H3,(H,23,26)(H,24,27)/b8-7+. The molecule has 1 fully saturated rings. The van der Waals surface area contributed by atoms with Gasteiger partial charge >= 0.3 is 0 Å². The first-order valence-corrected chi connectivity index (χ1v) is 11.3. The van der Waals surface area contributed by atoms with Crippen molar-refractivity contribution in [2.24, 2.45) is 0 Å². The van der Waals surface area contributed by atoms with Crippen LogP contribution in [0.1, 0.15) is 21.5 Å². The van der Waals surface area contributed by atoms with E-state index in [-0.39, 0.29) is 23.5 Å². The zero-order valence-corrected chi connectivity index (χ0v) is 18.4. The summed E-state index contributed by atoms with van der Waals surface area (Å²) >= 11 is 6.05. The van der Waals surface area contributed by atoms with E-state index in [2.05, 4.69) is 10.9 Å². The van der Waals surface area contributed by atoms with Gasteiger partial charge in [0, 0.05) is 29.8 Å². The summed E-state index contributed by atoms with van der Waals surface area (Å²) in [5.74, 6) is -1.19. The number of carbonyl (C=O) groups excluding carboxylic acids is 2. The first-order valence-electron chi connectivity index (χ1n) is 9.50. The van der Waals surface area contributed by atoms with Crippen molar-refractivity contribution in [2.45, 2.75) is 11.8 Å². The Hall–Kier alpha value is -2.72. The van der Waals surface area contributed by atoms with E-state index in [1.165, 1.54) is 34.6 Å². The van der Waals surface area contributed by atoms with E-state index in [1.807, 2.05) is 19.1 Å². The van der Waals surface area contributed by atoms with Gasteiger partial charge in [0.2, 0.25) is 10.0 Å². The van der Waals surface area contributed by atoms with Crippen LogP contribution < -0.4 is 10.9 Å². The summed E-state index contributed by atoms with van der Waals surface area (Å²) in [6.45, 7) is 3.04. The van der Waals surface area contributed by atoms with Crippen LogP contribution in [0.3, 0.4) is 0 Å². The summed E-state index contributed by atoms with van der Waals surface area (Å²) in [5.41, 5.74) is 6.29. The lowest BCUT2D eigenvalue weighted by atomic mass is 10.1. The molecule has 10 heteroatoms. The van der Waals surface area contributed by atoms with Crippen molar-refractivity contribution >= 4 is 39.5 Å². The van der Waals surface area contributed by atoms with Crippen LogP contribution >= 0.6 is 11.6 Å². The molecule has 1 heterocycles. The Balaban J connectivity index is 1.61. The van der Waals surface area contributed by atoms with Gasteiger partial charge in [-0.05, 0) is 48.4 Å². The molecule has 0 radical (unpaired) electrons. The molecule has 1 aliphatic rings. The SMILES string of the molecule is Cc1ccc(/C=C/C(=O)NNC(=O)c2cccc(S(=O)(=O)N3CCOCC3)c2)cc1Cl. The molecule has 0 unspecified atom stereocenters. The molecule has 2 aromatic carbocycles. The van der Waals surface area contributed by atoms with Gasteiger partial charge in [0.15, 0.2) is 0 Å². The third-order valence-electron chi connectivity index (χ3n) is 4.63. The van der Waals surface area contributed by atoms with Crippen molar-refractivity contribution in [1.29, 1.82) is 0 Å². The van der Waals surface area contributed by atoms with Gasteiger partial charge in [0.25, 0.3) is 11.8 Å². The minimum atomic E-state index is -3.73. The number of benzene rings is 2. The van der Waals surface area contributed by atoms with Gasteiger partial charge in [-0.3, -0.25) is 20.4 Å². The summed E-state index contributed by atoms with van der Waals surface area (Å²) in [7, 11) is -3.73. The molecule has 8 nitrogen and oxygen atoms in total. The molecule has 1 aliphatic heterocycles. The topological polar surface area (TPSA) is 105 Å². The van der Waals surface area contributed by atoms with E-state index in [0.717, 1.165) is 11.1 Å². The zero-order chi connectivity index (χ0) is 22.4. The number of morpholine rings is 1. The lowest BCUT2D eigenvalue weighted by molar-refractivity contribution is -0.117. The molecule has 2 N–H and O–H groups in total. The van der Waals surface area contributed by atoms with Crippen LogP contribution in [-0.2, 0) is 19.6 Å². The molecule has 0 aliphatic carbocycles. The number of amides is 2. The maximum absolute atomic E-state index is 12.7. The van der Waals surface area contributed by atoms with E-state index in [4.69, 9.17) is 16.3 Å². The summed E-state index contributed by atoms with van der Waals surface area (Å²) in [5, 5.41) is 0.586. The number of carbonyl (C=O) groups is 2. The fraction of sp³-hybridized carbons (Fsp3) is 0.238. The van der Waals surface area contributed by atoms with Gasteiger partial charge in [-0.15, -0.1) is 0 Å². The Morgan fingerprint density at radius 2 is 1.84 bits per heavy atom. The van der Waals surface area contributed by atoms with Crippen LogP contribution in [0, 0.1) is 6.92 Å². The number of nitrogens with one attached hydrogen (secondary N) is 2. The predicted octanol–water partition coefficient (Wildman–Crippen LogP) is 2.14. The molecule has 31 heavy (non-hydrogen) atoms. The van der Waals surface area contributed by atoms with E-state index < -0.39 is 21.8 Å². The average molecular weight is 464 g/mol. The maximum Gasteiger partial charge on any atom is 0.269 e. The lowest BCUT2D eigenvalue weighted by Gasteiger charge is -2.26. The number of hydrazine groups is 1. The minimum absolute atomic E-state index is 0.00419. The van der Waals surface area contributed by atoms with Gasteiger partial charge in [-0.2, -0.15) is 4.31 Å². The minimum Gasteiger partial charge on any atom is -0.379 e. The van der Waals surface area contributed by atoms with Crippen LogP contribution in [0.5, 0.6) is 0 Å². The predicted molar refractivity (Wildman–Crippen MR) is 117 cm³/mol. The number of hydrogen-bond donors (Lipinski definition) is 2. The fourth-order valence-corrected chi connectivity index (χ4v) is 4.49. The highest BCUT2D eigenvalue weighted by Gasteiger charge is 2.26. The Morgan fingerprint density at radius 3 is 2.55 bits per heavy atom. The average Bonchev–Trinajstić information content (AvgIpc) is 2.79. The molecule has 1 saturated heterocycles. The van der Waals surface area contributed by atoms with Crippen molar-refractivity contribution in [3.63, 3.8) is 0 Å². The number of aryl methyl sites for hydroxylation is 1. The summed E-state index contributed by atoms with van der Waals surface area (Å²) in [6.07, 6.45) is 2.81. The molecule has 0 atom stereocenters. The summed E-state index contributed by atoms with van der Waals surface area (Å²) < 4.78 is 32.0. The van der Waals surface area contributed by atoms with Crippen LogP contribution in [0.25, 0.3) is 6.08 Å². The normalized spacial score (nSPS) is 15.0. The monoisotopic (exact) mass is 463 g/mol. The summed E-state index contributed by atoms with van der Waals surface area (Å²) in [4.78, 5) is 24.3. The second-order valence-corrected chi connectivity index (χ2v) is 9.17. The smallest absolute Gasteiger partial charge is 0.269 e. The number of nitrogens with zero attached hydrogens (tertiary/aromatic N) is 1.